The number of fused-ring (bicyclic) bond motifs is 1. The molecule has 2 aromatic heterocycles. The molecular weight excluding hydrogens is 289 g/mol. The summed E-state index contributed by atoms with van der Waals surface area (Å²) < 4.78 is 38.5. The summed E-state index contributed by atoms with van der Waals surface area (Å²) in [5.41, 5.74) is 1.43. The van der Waals surface area contributed by atoms with E-state index in [-0.39, 0.29) is 11.1 Å². The van der Waals surface area contributed by atoms with Gasteiger partial charge in [-0.05, 0) is 36.6 Å². The quantitative estimate of drug-likeness (QED) is 0.736. The molecule has 0 radical (unpaired) electrons. The molecule has 1 aliphatic carbocycles. The average Bonchev–Trinajstić information content (AvgIpc) is 2.80. The standard InChI is InChI=1S/C14H10ClF3N2/c15-12-7-9(14(16,17)18)6-11(20-12)10-4-3-8-2-1-5-19-13(8)10/h1-2,5-7,10H,3-4H2. The maximum atomic E-state index is 12.8. The molecule has 6 heteroatoms. The van der Waals surface area contributed by atoms with Gasteiger partial charge in [-0.1, -0.05) is 17.7 Å². The van der Waals surface area contributed by atoms with E-state index in [2.05, 4.69) is 9.97 Å². The Kier molecular flexibility index (Phi) is 3.17. The first-order chi connectivity index (χ1) is 9.45. The minimum atomic E-state index is -4.42. The van der Waals surface area contributed by atoms with E-state index in [0.29, 0.717) is 12.1 Å². The molecule has 0 saturated carbocycles. The molecule has 20 heavy (non-hydrogen) atoms. The molecule has 2 aromatic rings. The summed E-state index contributed by atoms with van der Waals surface area (Å²) in [6, 6.07) is 5.69. The molecule has 0 amide bonds. The SMILES string of the molecule is FC(F)(F)c1cc(Cl)nc(C2CCc3cccnc32)c1. The summed E-state index contributed by atoms with van der Waals surface area (Å²) in [6.07, 6.45) is -1.28. The van der Waals surface area contributed by atoms with Crippen LogP contribution in [0, 0.1) is 0 Å². The molecule has 1 unspecified atom stereocenters. The highest BCUT2D eigenvalue weighted by molar-refractivity contribution is 6.29. The second-order valence-corrected chi connectivity index (χ2v) is 5.13. The van der Waals surface area contributed by atoms with Gasteiger partial charge in [0.1, 0.15) is 5.15 Å². The fourth-order valence-corrected chi connectivity index (χ4v) is 2.77. The summed E-state index contributed by atoms with van der Waals surface area (Å²) in [6.45, 7) is 0. The molecule has 2 nitrogen and oxygen atoms in total. The second kappa shape index (κ2) is 4.74. The van der Waals surface area contributed by atoms with Crippen molar-refractivity contribution in [2.75, 3.05) is 0 Å². The van der Waals surface area contributed by atoms with Crippen LogP contribution in [-0.2, 0) is 12.6 Å². The van der Waals surface area contributed by atoms with Gasteiger partial charge in [0, 0.05) is 12.1 Å². The second-order valence-electron chi connectivity index (χ2n) is 4.74. The zero-order valence-electron chi connectivity index (χ0n) is 10.3. The lowest BCUT2D eigenvalue weighted by atomic mass is 10.0. The van der Waals surface area contributed by atoms with Gasteiger partial charge < -0.3 is 0 Å². The number of alkyl halides is 3. The van der Waals surface area contributed by atoms with Gasteiger partial charge >= 0.3 is 6.18 Å². The number of hydrogen-bond acceptors (Lipinski definition) is 2. The minimum Gasteiger partial charge on any atom is -0.260 e. The molecule has 0 aromatic carbocycles. The predicted octanol–water partition coefficient (Wildman–Crippen LogP) is 4.23. The average molecular weight is 299 g/mol. The summed E-state index contributed by atoms with van der Waals surface area (Å²) >= 11 is 5.73. The van der Waals surface area contributed by atoms with E-state index in [1.165, 1.54) is 0 Å². The van der Waals surface area contributed by atoms with Crippen LogP contribution in [0.25, 0.3) is 0 Å². The van der Waals surface area contributed by atoms with Crippen molar-refractivity contribution in [2.45, 2.75) is 24.9 Å². The van der Waals surface area contributed by atoms with Gasteiger partial charge in [-0.15, -0.1) is 0 Å². The van der Waals surface area contributed by atoms with Gasteiger partial charge in [0.2, 0.25) is 0 Å². The zero-order valence-corrected chi connectivity index (χ0v) is 11.0. The number of pyridine rings is 2. The van der Waals surface area contributed by atoms with Crippen LogP contribution in [0.5, 0.6) is 0 Å². The monoisotopic (exact) mass is 298 g/mol. The van der Waals surface area contributed by atoms with Gasteiger partial charge in [0.05, 0.1) is 17.0 Å². The summed E-state index contributed by atoms with van der Waals surface area (Å²) in [4.78, 5) is 8.33. The Morgan fingerprint density at radius 3 is 2.80 bits per heavy atom. The van der Waals surface area contributed by atoms with Crippen LogP contribution < -0.4 is 0 Å². The highest BCUT2D eigenvalue weighted by atomic mass is 35.5. The first-order valence-corrected chi connectivity index (χ1v) is 6.51. The molecule has 3 rings (SSSR count). The van der Waals surface area contributed by atoms with Crippen molar-refractivity contribution in [1.82, 2.24) is 9.97 Å². The third kappa shape index (κ3) is 2.38. The number of rotatable bonds is 1. The zero-order chi connectivity index (χ0) is 14.3. The fourth-order valence-electron chi connectivity index (χ4n) is 2.56. The lowest BCUT2D eigenvalue weighted by Crippen LogP contribution is -2.09. The Balaban J connectivity index is 2.06. The molecule has 0 fully saturated rings. The first kappa shape index (κ1) is 13.4. The van der Waals surface area contributed by atoms with Crippen LogP contribution in [0.3, 0.4) is 0 Å². The molecular formula is C14H10ClF3N2. The van der Waals surface area contributed by atoms with Crippen molar-refractivity contribution in [3.05, 3.63) is 58.1 Å². The number of halogens is 4. The van der Waals surface area contributed by atoms with Crippen molar-refractivity contribution in [2.24, 2.45) is 0 Å². The van der Waals surface area contributed by atoms with E-state index >= 15 is 0 Å². The van der Waals surface area contributed by atoms with Crippen LogP contribution in [0.15, 0.2) is 30.5 Å². The van der Waals surface area contributed by atoms with Crippen LogP contribution >= 0.6 is 11.6 Å². The van der Waals surface area contributed by atoms with Crippen LogP contribution in [0.1, 0.15) is 34.9 Å². The highest BCUT2D eigenvalue weighted by Crippen LogP contribution is 2.38. The van der Waals surface area contributed by atoms with E-state index in [0.717, 1.165) is 29.8 Å². The molecule has 104 valence electrons. The minimum absolute atomic E-state index is 0.140. The van der Waals surface area contributed by atoms with Crippen molar-refractivity contribution < 1.29 is 13.2 Å². The third-order valence-electron chi connectivity index (χ3n) is 3.46. The first-order valence-electron chi connectivity index (χ1n) is 6.13. The van der Waals surface area contributed by atoms with Gasteiger partial charge in [0.15, 0.2) is 0 Å². The van der Waals surface area contributed by atoms with Crippen LogP contribution in [0.4, 0.5) is 13.2 Å². The Bertz CT molecular complexity index is 655. The van der Waals surface area contributed by atoms with E-state index in [4.69, 9.17) is 11.6 Å². The maximum absolute atomic E-state index is 12.8. The van der Waals surface area contributed by atoms with Crippen LogP contribution in [0.2, 0.25) is 5.15 Å². The van der Waals surface area contributed by atoms with E-state index in [9.17, 15) is 13.2 Å². The molecule has 0 bridgehead atoms. The molecule has 2 heterocycles. The Morgan fingerprint density at radius 2 is 2.05 bits per heavy atom. The number of aryl methyl sites for hydroxylation is 1. The topological polar surface area (TPSA) is 25.8 Å². The Morgan fingerprint density at radius 1 is 1.25 bits per heavy atom. The van der Waals surface area contributed by atoms with Gasteiger partial charge in [-0.25, -0.2) is 4.98 Å². The van der Waals surface area contributed by atoms with E-state index in [1.54, 1.807) is 6.20 Å². The summed E-state index contributed by atoms with van der Waals surface area (Å²) in [5.74, 6) is -0.217. The smallest absolute Gasteiger partial charge is 0.260 e. The van der Waals surface area contributed by atoms with Gasteiger partial charge in [-0.3, -0.25) is 4.98 Å². The van der Waals surface area contributed by atoms with Crippen molar-refractivity contribution >= 4 is 11.6 Å². The predicted molar refractivity (Wildman–Crippen MR) is 68.7 cm³/mol. The largest absolute Gasteiger partial charge is 0.416 e. The van der Waals surface area contributed by atoms with Crippen molar-refractivity contribution in [3.8, 4) is 0 Å². The van der Waals surface area contributed by atoms with Crippen molar-refractivity contribution in [1.29, 1.82) is 0 Å². The normalized spacial score (nSPS) is 18.1. The van der Waals surface area contributed by atoms with Crippen LogP contribution in [-0.4, -0.2) is 9.97 Å². The number of nitrogens with zero attached hydrogens (tertiary/aromatic N) is 2. The molecule has 0 spiro atoms. The molecule has 1 aliphatic rings. The molecule has 0 N–H and O–H groups in total. The maximum Gasteiger partial charge on any atom is 0.416 e. The van der Waals surface area contributed by atoms with E-state index in [1.807, 2.05) is 12.1 Å². The lowest BCUT2D eigenvalue weighted by Gasteiger charge is -2.13. The third-order valence-corrected chi connectivity index (χ3v) is 3.65. The summed E-state index contributed by atoms with van der Waals surface area (Å²) in [7, 11) is 0. The van der Waals surface area contributed by atoms with Gasteiger partial charge in [-0.2, -0.15) is 13.2 Å². The van der Waals surface area contributed by atoms with Gasteiger partial charge in [0.25, 0.3) is 0 Å². The highest BCUT2D eigenvalue weighted by Gasteiger charge is 2.34. The molecule has 0 aliphatic heterocycles. The number of aromatic nitrogens is 2. The Hall–Kier alpha value is -1.62. The number of hydrogen-bond donors (Lipinski definition) is 0. The fraction of sp³-hybridized carbons (Fsp3) is 0.286. The lowest BCUT2D eigenvalue weighted by molar-refractivity contribution is -0.137. The summed E-state index contributed by atoms with van der Waals surface area (Å²) in [5, 5.41) is -0.140. The molecule has 1 atom stereocenters. The Labute approximate surface area is 118 Å². The van der Waals surface area contributed by atoms with E-state index < -0.39 is 11.7 Å². The van der Waals surface area contributed by atoms with Crippen molar-refractivity contribution in [3.63, 3.8) is 0 Å². The molecule has 0 saturated heterocycles.